The molecule has 0 saturated carbocycles. The molecule has 0 radical (unpaired) electrons. The van der Waals surface area contributed by atoms with Crippen LogP contribution < -0.4 is 10.6 Å². The molecule has 2 aromatic heterocycles. The number of aryl methyl sites for hydroxylation is 1. The summed E-state index contributed by atoms with van der Waals surface area (Å²) in [6.07, 6.45) is 3.28. The zero-order valence-corrected chi connectivity index (χ0v) is 18.6. The van der Waals surface area contributed by atoms with Crippen LogP contribution in [0.4, 0.5) is 10.1 Å². The first kappa shape index (κ1) is 20.0. The Morgan fingerprint density at radius 1 is 1.24 bits per heavy atom. The van der Waals surface area contributed by atoms with Crippen molar-refractivity contribution in [2.24, 2.45) is 5.92 Å². The number of esters is 1. The standard InChI is InChI=1S/C21H21N3O2S3/c1-12-8-9-15-17(10-12)29-21(22-15)24-20(27)23-18-14(19(25)26-2)11-16(28-18)13-6-4-3-5-7-13/h3-7,11-12H,8-10H2,1-2H3,(H2,22,23,24,27). The number of nitrogens with zero attached hydrogens (tertiary/aromatic N) is 1. The van der Waals surface area contributed by atoms with Crippen LogP contribution in [-0.4, -0.2) is 23.2 Å². The number of thiocarbonyl (C=S) groups is 1. The molecule has 1 aromatic carbocycles. The Morgan fingerprint density at radius 3 is 2.79 bits per heavy atom. The Labute approximate surface area is 183 Å². The summed E-state index contributed by atoms with van der Waals surface area (Å²) < 4.78 is 4.94. The number of nitrogens with one attached hydrogen (secondary N) is 2. The number of benzene rings is 1. The number of methoxy groups -OCH3 is 1. The quantitative estimate of drug-likeness (QED) is 0.405. The number of hydrogen-bond acceptors (Lipinski definition) is 6. The van der Waals surface area contributed by atoms with E-state index in [4.69, 9.17) is 17.0 Å². The first-order valence-electron chi connectivity index (χ1n) is 9.37. The van der Waals surface area contributed by atoms with Crippen LogP contribution >= 0.6 is 34.9 Å². The monoisotopic (exact) mass is 443 g/mol. The predicted octanol–water partition coefficient (Wildman–Crippen LogP) is 5.59. The number of thiophene rings is 1. The second kappa shape index (κ2) is 8.61. The highest BCUT2D eigenvalue weighted by Crippen LogP contribution is 2.36. The summed E-state index contributed by atoms with van der Waals surface area (Å²) in [6, 6.07) is 11.8. The molecule has 3 aromatic rings. The lowest BCUT2D eigenvalue weighted by Crippen LogP contribution is -2.19. The van der Waals surface area contributed by atoms with Gasteiger partial charge < -0.3 is 15.4 Å². The van der Waals surface area contributed by atoms with E-state index >= 15 is 0 Å². The van der Waals surface area contributed by atoms with E-state index in [-0.39, 0.29) is 0 Å². The fourth-order valence-corrected chi connectivity index (χ4v) is 5.87. The third-order valence-corrected chi connectivity index (χ3v) is 7.17. The Hall–Kier alpha value is -2.29. The zero-order valence-electron chi connectivity index (χ0n) is 16.2. The molecule has 0 amide bonds. The van der Waals surface area contributed by atoms with E-state index in [1.165, 1.54) is 35.4 Å². The maximum Gasteiger partial charge on any atom is 0.340 e. The van der Waals surface area contributed by atoms with Crippen LogP contribution in [0.3, 0.4) is 0 Å². The Morgan fingerprint density at radius 2 is 2.03 bits per heavy atom. The topological polar surface area (TPSA) is 63.2 Å². The molecular formula is C21H21N3O2S3. The molecule has 1 unspecified atom stereocenters. The maximum absolute atomic E-state index is 12.3. The molecule has 2 heterocycles. The van der Waals surface area contributed by atoms with Crippen LogP contribution in [-0.2, 0) is 17.6 Å². The van der Waals surface area contributed by atoms with Crippen LogP contribution in [0.1, 0.15) is 34.3 Å². The number of rotatable bonds is 4. The molecule has 2 N–H and O–H groups in total. The van der Waals surface area contributed by atoms with Crippen LogP contribution in [0.15, 0.2) is 36.4 Å². The Kier molecular flexibility index (Phi) is 5.94. The average molecular weight is 444 g/mol. The van der Waals surface area contributed by atoms with Gasteiger partial charge in [-0.05, 0) is 49.0 Å². The zero-order chi connectivity index (χ0) is 20.4. The minimum Gasteiger partial charge on any atom is -0.465 e. The minimum atomic E-state index is -0.396. The molecule has 8 heteroatoms. The summed E-state index contributed by atoms with van der Waals surface area (Å²) in [6.45, 7) is 2.28. The number of ether oxygens (including phenoxy) is 1. The fraction of sp³-hybridized carbons (Fsp3) is 0.286. The van der Waals surface area contributed by atoms with Crippen molar-refractivity contribution in [3.63, 3.8) is 0 Å². The highest BCUT2D eigenvalue weighted by Gasteiger charge is 2.21. The maximum atomic E-state index is 12.3. The number of aromatic nitrogens is 1. The molecule has 4 rings (SSSR count). The van der Waals surface area contributed by atoms with Gasteiger partial charge >= 0.3 is 5.97 Å². The van der Waals surface area contributed by atoms with Gasteiger partial charge in [-0.1, -0.05) is 37.3 Å². The molecule has 0 fully saturated rings. The Balaban J connectivity index is 1.53. The number of carbonyl (C=O) groups is 1. The van der Waals surface area contributed by atoms with Gasteiger partial charge in [-0.15, -0.1) is 22.7 Å². The van der Waals surface area contributed by atoms with Crippen LogP contribution in [0.5, 0.6) is 0 Å². The molecule has 0 spiro atoms. The minimum absolute atomic E-state index is 0.396. The lowest BCUT2D eigenvalue weighted by atomic mass is 9.93. The van der Waals surface area contributed by atoms with Crippen LogP contribution in [0, 0.1) is 5.92 Å². The van der Waals surface area contributed by atoms with Gasteiger partial charge in [0.1, 0.15) is 5.00 Å². The van der Waals surface area contributed by atoms with Crippen molar-refractivity contribution < 1.29 is 9.53 Å². The van der Waals surface area contributed by atoms with Gasteiger partial charge in [-0.2, -0.15) is 0 Å². The first-order chi connectivity index (χ1) is 14.0. The largest absolute Gasteiger partial charge is 0.465 e. The molecule has 1 atom stereocenters. The lowest BCUT2D eigenvalue weighted by molar-refractivity contribution is 0.0602. The SMILES string of the molecule is COC(=O)c1cc(-c2ccccc2)sc1NC(=S)Nc1nc2c(s1)CC(C)CC2. The average Bonchev–Trinajstić information content (AvgIpc) is 3.31. The molecular weight excluding hydrogens is 422 g/mol. The van der Waals surface area contributed by atoms with Gasteiger partial charge in [-0.3, -0.25) is 0 Å². The molecule has 29 heavy (non-hydrogen) atoms. The van der Waals surface area contributed by atoms with Crippen molar-refractivity contribution in [2.45, 2.75) is 26.2 Å². The van der Waals surface area contributed by atoms with Crippen LogP contribution in [0.2, 0.25) is 0 Å². The van der Waals surface area contributed by atoms with Crippen molar-refractivity contribution in [1.82, 2.24) is 4.98 Å². The van der Waals surface area contributed by atoms with Gasteiger partial charge in [0.15, 0.2) is 10.2 Å². The third-order valence-electron chi connectivity index (χ3n) is 4.83. The van der Waals surface area contributed by atoms with E-state index in [0.717, 1.165) is 28.4 Å². The van der Waals surface area contributed by atoms with Gasteiger partial charge in [-0.25, -0.2) is 9.78 Å². The third kappa shape index (κ3) is 4.49. The summed E-state index contributed by atoms with van der Waals surface area (Å²) >= 11 is 8.61. The van der Waals surface area contributed by atoms with E-state index in [0.29, 0.717) is 21.6 Å². The lowest BCUT2D eigenvalue weighted by Gasteiger charge is -2.15. The number of anilines is 2. The van der Waals surface area contributed by atoms with Crippen LogP contribution in [0.25, 0.3) is 10.4 Å². The summed E-state index contributed by atoms with van der Waals surface area (Å²) in [5.74, 6) is 0.304. The van der Waals surface area contributed by atoms with Crippen molar-refractivity contribution in [1.29, 1.82) is 0 Å². The molecule has 0 aliphatic heterocycles. The van der Waals surface area contributed by atoms with Gasteiger partial charge in [0, 0.05) is 9.75 Å². The number of hydrogen-bond donors (Lipinski definition) is 2. The van der Waals surface area contributed by atoms with Crippen molar-refractivity contribution >= 4 is 56.1 Å². The summed E-state index contributed by atoms with van der Waals surface area (Å²) in [4.78, 5) is 19.2. The predicted molar refractivity (Wildman–Crippen MR) is 124 cm³/mol. The van der Waals surface area contributed by atoms with Crippen molar-refractivity contribution in [2.75, 3.05) is 17.7 Å². The van der Waals surface area contributed by atoms with E-state index in [2.05, 4.69) is 22.5 Å². The molecule has 1 aliphatic rings. The first-order valence-corrected chi connectivity index (χ1v) is 11.4. The molecule has 1 aliphatic carbocycles. The number of carbonyl (C=O) groups excluding carboxylic acids is 1. The van der Waals surface area contributed by atoms with Gasteiger partial charge in [0.25, 0.3) is 0 Å². The second-order valence-corrected chi connectivity index (χ2v) is 9.57. The Bertz CT molecular complexity index is 1040. The number of fused-ring (bicyclic) bond motifs is 1. The molecule has 5 nitrogen and oxygen atoms in total. The molecule has 0 saturated heterocycles. The van der Waals surface area contributed by atoms with Gasteiger partial charge in [0.2, 0.25) is 0 Å². The number of thiazole rings is 1. The van der Waals surface area contributed by atoms with Crippen molar-refractivity contribution in [3.05, 3.63) is 52.5 Å². The molecule has 0 bridgehead atoms. The summed E-state index contributed by atoms with van der Waals surface area (Å²) in [7, 11) is 1.38. The van der Waals surface area contributed by atoms with E-state index in [1.54, 1.807) is 11.3 Å². The van der Waals surface area contributed by atoms with E-state index in [1.807, 2.05) is 36.4 Å². The second-order valence-electron chi connectivity index (χ2n) is 7.03. The fourth-order valence-electron chi connectivity index (χ4n) is 3.31. The summed E-state index contributed by atoms with van der Waals surface area (Å²) in [5.41, 5.74) is 2.68. The van der Waals surface area contributed by atoms with Gasteiger partial charge in [0.05, 0.1) is 18.4 Å². The smallest absolute Gasteiger partial charge is 0.340 e. The van der Waals surface area contributed by atoms with E-state index < -0.39 is 5.97 Å². The normalized spacial score (nSPS) is 15.4. The van der Waals surface area contributed by atoms with Crippen molar-refractivity contribution in [3.8, 4) is 10.4 Å². The molecule has 150 valence electrons. The highest BCUT2D eigenvalue weighted by molar-refractivity contribution is 7.80. The highest BCUT2D eigenvalue weighted by atomic mass is 32.1. The van der Waals surface area contributed by atoms with E-state index in [9.17, 15) is 4.79 Å². The summed E-state index contributed by atoms with van der Waals surface area (Å²) in [5, 5.41) is 8.20.